The van der Waals surface area contributed by atoms with Gasteiger partial charge in [0.1, 0.15) is 6.10 Å². The van der Waals surface area contributed by atoms with E-state index in [9.17, 15) is 0 Å². The average molecular weight is 227 g/mol. The molecular formula is C11H8Cl2O. The van der Waals surface area contributed by atoms with Crippen LogP contribution < -0.4 is 0 Å². The van der Waals surface area contributed by atoms with E-state index in [-0.39, 0.29) is 6.10 Å². The summed E-state index contributed by atoms with van der Waals surface area (Å²) in [5, 5.41) is 1.13. The van der Waals surface area contributed by atoms with Crippen molar-refractivity contribution in [1.29, 1.82) is 0 Å². The lowest BCUT2D eigenvalue weighted by Gasteiger charge is -2.17. The molecule has 0 N–H and O–H groups in total. The Morgan fingerprint density at radius 3 is 2.43 bits per heavy atom. The number of rotatable bonds is 1. The number of hydrogen-bond acceptors (Lipinski definition) is 1. The first-order chi connectivity index (χ1) is 6.75. The minimum absolute atomic E-state index is 0.107. The molecule has 1 atom stereocenters. The van der Waals surface area contributed by atoms with Crippen LogP contribution in [0.1, 0.15) is 11.7 Å². The summed E-state index contributed by atoms with van der Waals surface area (Å²) in [5.41, 5.74) is 1.04. The number of hydrogen-bond donors (Lipinski definition) is 0. The van der Waals surface area contributed by atoms with Crippen molar-refractivity contribution in [3.05, 3.63) is 58.3 Å². The molecule has 0 unspecified atom stereocenters. The number of ether oxygens (including phenoxy) is 1. The van der Waals surface area contributed by atoms with Crippen molar-refractivity contribution in [2.75, 3.05) is 0 Å². The summed E-state index contributed by atoms with van der Waals surface area (Å²) in [5.74, 6) is 0. The molecular weight excluding hydrogens is 219 g/mol. The van der Waals surface area contributed by atoms with Crippen molar-refractivity contribution < 1.29 is 4.74 Å². The van der Waals surface area contributed by atoms with Crippen molar-refractivity contribution >= 4 is 23.2 Å². The van der Waals surface area contributed by atoms with E-state index < -0.39 is 0 Å². The first-order valence-corrected chi connectivity index (χ1v) is 4.97. The van der Waals surface area contributed by atoms with Crippen molar-refractivity contribution in [3.8, 4) is 0 Å². The zero-order valence-electron chi connectivity index (χ0n) is 7.28. The van der Waals surface area contributed by atoms with Crippen LogP contribution in [-0.2, 0) is 4.74 Å². The normalized spacial score (nSPS) is 20.1. The van der Waals surface area contributed by atoms with E-state index in [0.717, 1.165) is 10.6 Å². The van der Waals surface area contributed by atoms with Crippen molar-refractivity contribution in [2.24, 2.45) is 0 Å². The molecule has 0 saturated carbocycles. The summed E-state index contributed by atoms with van der Waals surface area (Å²) in [6, 6.07) is 7.51. The Morgan fingerprint density at radius 1 is 1.07 bits per heavy atom. The quantitative estimate of drug-likeness (QED) is 0.703. The number of benzene rings is 1. The fraction of sp³-hybridized carbons (Fsp3) is 0.0909. The molecule has 1 aliphatic rings. The highest BCUT2D eigenvalue weighted by atomic mass is 35.5. The maximum atomic E-state index is 5.78. The van der Waals surface area contributed by atoms with Crippen LogP contribution in [0.25, 0.3) is 0 Å². The standard InChI is InChI=1S/C11H8Cl2O/c12-9-6-4-8(5-7-9)10-2-1-3-11(13)14-10/h1-7,10H/t10-/m1/s1. The molecule has 0 saturated heterocycles. The molecule has 0 aliphatic carbocycles. The van der Waals surface area contributed by atoms with Crippen LogP contribution in [0, 0.1) is 0 Å². The lowest BCUT2D eigenvalue weighted by Crippen LogP contribution is -2.01. The number of allylic oxidation sites excluding steroid dienone is 2. The summed E-state index contributed by atoms with van der Waals surface area (Å²) >= 11 is 11.5. The largest absolute Gasteiger partial charge is 0.471 e. The van der Waals surface area contributed by atoms with Gasteiger partial charge in [0.25, 0.3) is 0 Å². The monoisotopic (exact) mass is 226 g/mol. The van der Waals surface area contributed by atoms with E-state index in [4.69, 9.17) is 27.9 Å². The maximum Gasteiger partial charge on any atom is 0.188 e. The second-order valence-electron chi connectivity index (χ2n) is 2.95. The fourth-order valence-corrected chi connectivity index (χ4v) is 1.56. The van der Waals surface area contributed by atoms with Gasteiger partial charge in [-0.25, -0.2) is 0 Å². The Balaban J connectivity index is 2.21. The van der Waals surface area contributed by atoms with Gasteiger partial charge in [0.05, 0.1) is 0 Å². The highest BCUT2D eigenvalue weighted by Crippen LogP contribution is 2.27. The zero-order chi connectivity index (χ0) is 9.97. The molecule has 1 heterocycles. The van der Waals surface area contributed by atoms with Gasteiger partial charge >= 0.3 is 0 Å². The van der Waals surface area contributed by atoms with Gasteiger partial charge in [0, 0.05) is 5.02 Å². The van der Waals surface area contributed by atoms with Gasteiger partial charge in [-0.05, 0) is 41.4 Å². The highest BCUT2D eigenvalue weighted by molar-refractivity contribution is 6.30. The third kappa shape index (κ3) is 2.11. The van der Waals surface area contributed by atoms with E-state index in [2.05, 4.69) is 0 Å². The predicted molar refractivity (Wildman–Crippen MR) is 58.4 cm³/mol. The Morgan fingerprint density at radius 2 is 1.79 bits per heavy atom. The molecule has 2 rings (SSSR count). The van der Waals surface area contributed by atoms with Gasteiger partial charge in [-0.2, -0.15) is 0 Å². The molecule has 72 valence electrons. The molecule has 14 heavy (non-hydrogen) atoms. The van der Waals surface area contributed by atoms with E-state index in [0.29, 0.717) is 5.22 Å². The third-order valence-corrected chi connectivity index (χ3v) is 2.42. The molecule has 0 fully saturated rings. The Kier molecular flexibility index (Phi) is 2.80. The summed E-state index contributed by atoms with van der Waals surface area (Å²) in [4.78, 5) is 0. The molecule has 1 nitrogen and oxygen atoms in total. The maximum absolute atomic E-state index is 5.78. The lowest BCUT2D eigenvalue weighted by atomic mass is 10.1. The summed E-state index contributed by atoms with van der Waals surface area (Å²) < 4.78 is 5.41. The first-order valence-electron chi connectivity index (χ1n) is 4.22. The van der Waals surface area contributed by atoms with Crippen LogP contribution in [0.3, 0.4) is 0 Å². The fourth-order valence-electron chi connectivity index (χ4n) is 1.26. The van der Waals surface area contributed by atoms with Gasteiger partial charge in [0.2, 0.25) is 0 Å². The van der Waals surface area contributed by atoms with Crippen LogP contribution in [0.15, 0.2) is 47.7 Å². The Bertz CT molecular complexity index is 379. The second kappa shape index (κ2) is 4.07. The summed E-state index contributed by atoms with van der Waals surface area (Å²) in [6.45, 7) is 0. The van der Waals surface area contributed by atoms with Crippen LogP contribution in [0.5, 0.6) is 0 Å². The van der Waals surface area contributed by atoms with E-state index in [1.54, 1.807) is 6.08 Å². The smallest absolute Gasteiger partial charge is 0.188 e. The van der Waals surface area contributed by atoms with Crippen molar-refractivity contribution in [1.82, 2.24) is 0 Å². The Hall–Kier alpha value is -0.920. The molecule has 0 amide bonds. The molecule has 0 spiro atoms. The molecule has 1 aromatic rings. The highest BCUT2D eigenvalue weighted by Gasteiger charge is 2.12. The second-order valence-corrected chi connectivity index (χ2v) is 3.75. The average Bonchev–Trinajstić information content (AvgIpc) is 2.19. The zero-order valence-corrected chi connectivity index (χ0v) is 8.79. The SMILES string of the molecule is ClC1=CC=C[C@H](c2ccc(Cl)cc2)O1. The van der Waals surface area contributed by atoms with Crippen LogP contribution >= 0.6 is 23.2 Å². The summed E-state index contributed by atoms with van der Waals surface area (Å²) in [7, 11) is 0. The molecule has 0 radical (unpaired) electrons. The van der Waals surface area contributed by atoms with Crippen LogP contribution in [-0.4, -0.2) is 0 Å². The topological polar surface area (TPSA) is 9.23 Å². The van der Waals surface area contributed by atoms with Gasteiger partial charge in [-0.15, -0.1) is 0 Å². The van der Waals surface area contributed by atoms with E-state index in [1.165, 1.54) is 0 Å². The van der Waals surface area contributed by atoms with Crippen LogP contribution in [0.4, 0.5) is 0 Å². The van der Waals surface area contributed by atoms with E-state index in [1.807, 2.05) is 36.4 Å². The van der Waals surface area contributed by atoms with E-state index >= 15 is 0 Å². The molecule has 0 bridgehead atoms. The minimum Gasteiger partial charge on any atom is -0.471 e. The Labute approximate surface area is 92.6 Å². The third-order valence-electron chi connectivity index (χ3n) is 1.95. The van der Waals surface area contributed by atoms with Gasteiger partial charge in [-0.1, -0.05) is 29.8 Å². The van der Waals surface area contributed by atoms with Crippen LogP contribution in [0.2, 0.25) is 5.02 Å². The molecule has 0 aromatic heterocycles. The van der Waals surface area contributed by atoms with Crippen molar-refractivity contribution in [3.63, 3.8) is 0 Å². The predicted octanol–water partition coefficient (Wildman–Crippen LogP) is 4.05. The minimum atomic E-state index is -0.107. The van der Waals surface area contributed by atoms with Gasteiger partial charge in [-0.3, -0.25) is 0 Å². The first kappa shape index (κ1) is 9.63. The molecule has 1 aromatic carbocycles. The molecule has 3 heteroatoms. The lowest BCUT2D eigenvalue weighted by molar-refractivity contribution is 0.174. The van der Waals surface area contributed by atoms with Gasteiger partial charge in [0.15, 0.2) is 5.22 Å². The van der Waals surface area contributed by atoms with Crippen molar-refractivity contribution in [2.45, 2.75) is 6.10 Å². The number of halogens is 2. The summed E-state index contributed by atoms with van der Waals surface area (Å²) in [6.07, 6.45) is 5.43. The van der Waals surface area contributed by atoms with Gasteiger partial charge < -0.3 is 4.74 Å². The molecule has 1 aliphatic heterocycles.